The molecule has 18 heavy (non-hydrogen) atoms. The fraction of sp³-hybridized carbons (Fsp3) is 1.00. The largest absolute Gasteiger partial charge is 0.382 e. The summed E-state index contributed by atoms with van der Waals surface area (Å²) >= 11 is 0. The third kappa shape index (κ3) is 9.90. The van der Waals surface area contributed by atoms with Crippen molar-refractivity contribution in [1.82, 2.24) is 0 Å². The van der Waals surface area contributed by atoms with Gasteiger partial charge in [0.05, 0.1) is 13.2 Å². The van der Waals surface area contributed by atoms with E-state index < -0.39 is 0 Å². The van der Waals surface area contributed by atoms with E-state index in [0.29, 0.717) is 12.0 Å². The van der Waals surface area contributed by atoms with E-state index in [1.54, 1.807) is 7.11 Å². The maximum absolute atomic E-state index is 5.62. The predicted molar refractivity (Wildman–Crippen MR) is 79.1 cm³/mol. The van der Waals surface area contributed by atoms with Crippen molar-refractivity contribution >= 4 is 0 Å². The molecule has 0 rings (SSSR count). The number of methoxy groups -OCH3 is 1. The van der Waals surface area contributed by atoms with Crippen LogP contribution in [-0.2, 0) is 9.47 Å². The van der Waals surface area contributed by atoms with Crippen molar-refractivity contribution < 1.29 is 9.47 Å². The van der Waals surface area contributed by atoms with E-state index in [0.717, 1.165) is 13.2 Å². The fourth-order valence-corrected chi connectivity index (χ4v) is 2.52. The molecule has 0 amide bonds. The quantitative estimate of drug-likeness (QED) is 0.441. The second-order valence-corrected chi connectivity index (χ2v) is 5.73. The molecule has 0 radical (unpaired) electrons. The Morgan fingerprint density at radius 2 is 1.56 bits per heavy atom. The van der Waals surface area contributed by atoms with Gasteiger partial charge in [0.25, 0.3) is 0 Å². The highest BCUT2D eigenvalue weighted by Crippen LogP contribution is 2.33. The molecule has 0 aliphatic carbocycles. The van der Waals surface area contributed by atoms with Crippen LogP contribution in [0.3, 0.4) is 0 Å². The van der Waals surface area contributed by atoms with Crippen molar-refractivity contribution in [3.8, 4) is 0 Å². The first-order chi connectivity index (χ1) is 8.68. The zero-order chi connectivity index (χ0) is 13.7. The summed E-state index contributed by atoms with van der Waals surface area (Å²) in [7, 11) is 1.72. The summed E-state index contributed by atoms with van der Waals surface area (Å²) in [5.41, 5.74) is 0.482. The molecule has 2 heteroatoms. The molecule has 1 unspecified atom stereocenters. The minimum atomic E-state index is 0.482. The number of hydrogen-bond donors (Lipinski definition) is 0. The van der Waals surface area contributed by atoms with Gasteiger partial charge in [0.2, 0.25) is 0 Å². The minimum absolute atomic E-state index is 0.482. The maximum Gasteiger partial charge on any atom is 0.0700 e. The average molecular weight is 258 g/mol. The lowest BCUT2D eigenvalue weighted by Gasteiger charge is -2.29. The predicted octanol–water partition coefficient (Wildman–Crippen LogP) is 4.82. The van der Waals surface area contributed by atoms with Gasteiger partial charge in [-0.2, -0.15) is 0 Å². The lowest BCUT2D eigenvalue weighted by atomic mass is 9.78. The third-order valence-corrected chi connectivity index (χ3v) is 3.77. The Labute approximate surface area is 114 Å². The Morgan fingerprint density at radius 3 is 2.17 bits per heavy atom. The monoisotopic (exact) mass is 258 g/mol. The van der Waals surface area contributed by atoms with E-state index in [2.05, 4.69) is 20.8 Å². The molecule has 0 aliphatic heterocycles. The first-order valence-electron chi connectivity index (χ1n) is 7.75. The van der Waals surface area contributed by atoms with Crippen LogP contribution in [0.4, 0.5) is 0 Å². The molecule has 0 aromatic heterocycles. The third-order valence-electron chi connectivity index (χ3n) is 3.77. The molecule has 110 valence electrons. The summed E-state index contributed by atoms with van der Waals surface area (Å²) in [6, 6.07) is 0. The van der Waals surface area contributed by atoms with E-state index in [1.165, 1.54) is 51.4 Å². The zero-order valence-corrected chi connectivity index (χ0v) is 13.1. The molecule has 0 spiro atoms. The van der Waals surface area contributed by atoms with Gasteiger partial charge in [-0.05, 0) is 24.7 Å². The molecule has 0 fully saturated rings. The molecule has 0 bridgehead atoms. The van der Waals surface area contributed by atoms with Crippen LogP contribution >= 0.6 is 0 Å². The van der Waals surface area contributed by atoms with Crippen molar-refractivity contribution in [1.29, 1.82) is 0 Å². The van der Waals surface area contributed by atoms with E-state index in [-0.39, 0.29) is 0 Å². The molecule has 0 aromatic rings. The second kappa shape index (κ2) is 12.0. The molecule has 0 heterocycles. The minimum Gasteiger partial charge on any atom is -0.382 e. The van der Waals surface area contributed by atoms with Gasteiger partial charge in [-0.25, -0.2) is 0 Å². The van der Waals surface area contributed by atoms with Crippen LogP contribution in [0, 0.1) is 5.41 Å². The summed E-state index contributed by atoms with van der Waals surface area (Å²) in [5, 5.41) is 0. The van der Waals surface area contributed by atoms with Crippen molar-refractivity contribution in [2.75, 3.05) is 26.9 Å². The Hall–Kier alpha value is -0.0800. The normalized spacial score (nSPS) is 14.7. The van der Waals surface area contributed by atoms with Crippen LogP contribution in [0.5, 0.6) is 0 Å². The Bertz CT molecular complexity index is 170. The van der Waals surface area contributed by atoms with Crippen LogP contribution in [0.2, 0.25) is 0 Å². The van der Waals surface area contributed by atoms with Crippen LogP contribution in [0.1, 0.15) is 72.1 Å². The molecule has 2 nitrogen and oxygen atoms in total. The first kappa shape index (κ1) is 17.9. The second-order valence-electron chi connectivity index (χ2n) is 5.73. The highest BCUT2D eigenvalue weighted by atomic mass is 16.5. The highest BCUT2D eigenvalue weighted by Gasteiger charge is 2.22. The molecule has 1 atom stereocenters. The van der Waals surface area contributed by atoms with Gasteiger partial charge in [-0.15, -0.1) is 0 Å². The molecule has 0 aliphatic rings. The van der Waals surface area contributed by atoms with Gasteiger partial charge < -0.3 is 9.47 Å². The number of unbranched alkanes of at least 4 members (excludes halogenated alkanes) is 3. The molecular weight excluding hydrogens is 224 g/mol. The first-order valence-corrected chi connectivity index (χ1v) is 7.75. The van der Waals surface area contributed by atoms with E-state index in [1.807, 2.05) is 0 Å². The molecule has 0 aromatic carbocycles. The number of hydrogen-bond acceptors (Lipinski definition) is 2. The van der Waals surface area contributed by atoms with Crippen LogP contribution in [-0.4, -0.2) is 26.9 Å². The highest BCUT2D eigenvalue weighted by molar-refractivity contribution is 4.73. The number of ether oxygens (including phenoxy) is 2. The number of rotatable bonds is 13. The van der Waals surface area contributed by atoms with Crippen LogP contribution in [0.25, 0.3) is 0 Å². The smallest absolute Gasteiger partial charge is 0.0700 e. The van der Waals surface area contributed by atoms with E-state index in [9.17, 15) is 0 Å². The Balaban J connectivity index is 3.78. The van der Waals surface area contributed by atoms with E-state index >= 15 is 0 Å². The van der Waals surface area contributed by atoms with Crippen molar-refractivity contribution in [3.63, 3.8) is 0 Å². The van der Waals surface area contributed by atoms with Gasteiger partial charge in [0, 0.05) is 13.7 Å². The average Bonchev–Trinajstić information content (AvgIpc) is 2.35. The molecule has 0 N–H and O–H groups in total. The summed E-state index contributed by atoms with van der Waals surface area (Å²) in [6.45, 7) is 9.32. The van der Waals surface area contributed by atoms with Crippen LogP contribution < -0.4 is 0 Å². The maximum atomic E-state index is 5.62. The van der Waals surface area contributed by atoms with Gasteiger partial charge >= 0.3 is 0 Å². The SMILES string of the molecule is CCCCCCC(C)(CCC)CCOCCOC. The molecule has 0 saturated heterocycles. The lowest BCUT2D eigenvalue weighted by molar-refractivity contribution is 0.0497. The van der Waals surface area contributed by atoms with Crippen molar-refractivity contribution in [2.24, 2.45) is 5.41 Å². The standard InChI is InChI=1S/C16H34O2/c1-5-7-8-9-11-16(3,10-6-2)12-13-18-15-14-17-4/h5-15H2,1-4H3. The lowest BCUT2D eigenvalue weighted by Crippen LogP contribution is -2.19. The Morgan fingerprint density at radius 1 is 0.778 bits per heavy atom. The Kier molecular flexibility index (Phi) is 11.9. The van der Waals surface area contributed by atoms with Gasteiger partial charge in [-0.1, -0.05) is 52.9 Å². The van der Waals surface area contributed by atoms with Gasteiger partial charge in [-0.3, -0.25) is 0 Å². The van der Waals surface area contributed by atoms with Crippen LogP contribution in [0.15, 0.2) is 0 Å². The van der Waals surface area contributed by atoms with Gasteiger partial charge in [0.1, 0.15) is 0 Å². The summed E-state index contributed by atoms with van der Waals surface area (Å²) < 4.78 is 10.6. The summed E-state index contributed by atoms with van der Waals surface area (Å²) in [4.78, 5) is 0. The molecular formula is C16H34O2. The van der Waals surface area contributed by atoms with Gasteiger partial charge in [0.15, 0.2) is 0 Å². The topological polar surface area (TPSA) is 18.5 Å². The summed E-state index contributed by atoms with van der Waals surface area (Å²) in [5.74, 6) is 0. The molecule has 0 saturated carbocycles. The fourth-order valence-electron chi connectivity index (χ4n) is 2.52. The zero-order valence-electron chi connectivity index (χ0n) is 13.1. The van der Waals surface area contributed by atoms with Crippen molar-refractivity contribution in [2.45, 2.75) is 72.1 Å². The van der Waals surface area contributed by atoms with E-state index in [4.69, 9.17) is 9.47 Å². The van der Waals surface area contributed by atoms with Crippen molar-refractivity contribution in [3.05, 3.63) is 0 Å². The summed E-state index contributed by atoms with van der Waals surface area (Å²) in [6.07, 6.45) is 10.6.